The van der Waals surface area contributed by atoms with Crippen molar-refractivity contribution in [1.29, 1.82) is 0 Å². The maximum atomic E-state index is 13.0. The first-order valence-electron chi connectivity index (χ1n) is 9.11. The van der Waals surface area contributed by atoms with Crippen LogP contribution in [-0.4, -0.2) is 33.3 Å². The number of anilines is 1. The monoisotopic (exact) mass is 399 g/mol. The number of amides is 1. The van der Waals surface area contributed by atoms with Gasteiger partial charge in [0, 0.05) is 29.9 Å². The fourth-order valence-corrected chi connectivity index (χ4v) is 2.74. The average molecular weight is 399 g/mol. The summed E-state index contributed by atoms with van der Waals surface area (Å²) in [5.41, 5.74) is 5.78. The number of esters is 1. The van der Waals surface area contributed by atoms with E-state index in [0.29, 0.717) is 6.54 Å². The molecule has 2 N–H and O–H groups in total. The number of carbonyl (C=O) groups excluding carboxylic acids is 2. The molecule has 2 aromatic carbocycles. The molecule has 2 aromatic rings. The highest BCUT2D eigenvalue weighted by Gasteiger charge is 2.32. The zero-order valence-corrected chi connectivity index (χ0v) is 16.9. The molecule has 154 valence electrons. The number of benzene rings is 2. The van der Waals surface area contributed by atoms with Crippen molar-refractivity contribution >= 4 is 23.3 Å². The van der Waals surface area contributed by atoms with Crippen LogP contribution in [0.3, 0.4) is 0 Å². The number of nitrogens with two attached hydrogens (primary N) is 1. The van der Waals surface area contributed by atoms with E-state index in [1.807, 2.05) is 51.1 Å². The molecule has 2 rings (SSSR count). The second-order valence-electron chi connectivity index (χ2n) is 7.66. The van der Waals surface area contributed by atoms with Crippen molar-refractivity contribution in [2.24, 2.45) is 0 Å². The molecule has 0 aromatic heterocycles. The Hall–Kier alpha value is -3.42. The van der Waals surface area contributed by atoms with Gasteiger partial charge in [-0.1, -0.05) is 30.3 Å². The lowest BCUT2D eigenvalue weighted by Gasteiger charge is -2.37. The van der Waals surface area contributed by atoms with E-state index in [0.717, 1.165) is 11.6 Å². The predicted molar refractivity (Wildman–Crippen MR) is 109 cm³/mol. The van der Waals surface area contributed by atoms with Gasteiger partial charge in [0.05, 0.1) is 10.5 Å². The quantitative estimate of drug-likeness (QED) is 0.344. The fraction of sp³-hybridized carbons (Fsp3) is 0.333. The number of hydrogen-bond acceptors (Lipinski definition) is 6. The molecule has 0 saturated carbocycles. The van der Waals surface area contributed by atoms with Crippen LogP contribution in [0.1, 0.15) is 43.6 Å². The number of nitro groups is 1. The second kappa shape index (κ2) is 8.72. The van der Waals surface area contributed by atoms with Gasteiger partial charge in [-0.05, 0) is 39.3 Å². The summed E-state index contributed by atoms with van der Waals surface area (Å²) in [6, 6.07) is 13.0. The van der Waals surface area contributed by atoms with Crippen LogP contribution in [0, 0.1) is 10.1 Å². The number of carbonyl (C=O) groups is 2. The highest BCUT2D eigenvalue weighted by molar-refractivity contribution is 5.97. The maximum absolute atomic E-state index is 13.0. The first-order valence-corrected chi connectivity index (χ1v) is 9.11. The molecule has 1 atom stereocenters. The van der Waals surface area contributed by atoms with Crippen LogP contribution in [0.15, 0.2) is 48.5 Å². The number of rotatable bonds is 6. The molecule has 8 nitrogen and oxygen atoms in total. The molecule has 0 aliphatic carbocycles. The second-order valence-corrected chi connectivity index (χ2v) is 7.66. The van der Waals surface area contributed by atoms with E-state index in [2.05, 4.69) is 0 Å². The largest absolute Gasteiger partial charge is 0.449 e. The predicted octanol–water partition coefficient (Wildman–Crippen LogP) is 3.55. The van der Waals surface area contributed by atoms with Crippen molar-refractivity contribution in [1.82, 2.24) is 4.90 Å². The van der Waals surface area contributed by atoms with Gasteiger partial charge in [-0.2, -0.15) is 0 Å². The molecule has 0 bridgehead atoms. The third-order valence-electron chi connectivity index (χ3n) is 4.36. The van der Waals surface area contributed by atoms with Crippen molar-refractivity contribution in [3.8, 4) is 0 Å². The molecule has 0 heterocycles. The van der Waals surface area contributed by atoms with Gasteiger partial charge in [-0.15, -0.1) is 0 Å². The standard InChI is InChI=1S/C21H25N3O5/c1-14(29-20(26)17-12-16(24(27)28)10-11-18(17)22)19(25)23(21(2,3)4)13-15-8-6-5-7-9-15/h5-12,14H,13,22H2,1-4H3/t14-/m1/s1. The number of non-ortho nitro benzene ring substituents is 1. The smallest absolute Gasteiger partial charge is 0.341 e. The molecular weight excluding hydrogens is 374 g/mol. The van der Waals surface area contributed by atoms with E-state index in [9.17, 15) is 19.7 Å². The summed E-state index contributed by atoms with van der Waals surface area (Å²) in [6.45, 7) is 7.49. The average Bonchev–Trinajstić information content (AvgIpc) is 2.65. The molecular formula is C21H25N3O5. The summed E-state index contributed by atoms with van der Waals surface area (Å²) >= 11 is 0. The molecule has 0 aliphatic rings. The van der Waals surface area contributed by atoms with E-state index >= 15 is 0 Å². The Bertz CT molecular complexity index is 906. The van der Waals surface area contributed by atoms with Gasteiger partial charge < -0.3 is 15.4 Å². The molecule has 0 saturated heterocycles. The molecule has 8 heteroatoms. The minimum atomic E-state index is -1.09. The highest BCUT2D eigenvalue weighted by Crippen LogP contribution is 2.23. The van der Waals surface area contributed by atoms with E-state index < -0.39 is 22.5 Å². The van der Waals surface area contributed by atoms with Gasteiger partial charge >= 0.3 is 5.97 Å². The first-order chi connectivity index (χ1) is 13.5. The van der Waals surface area contributed by atoms with Gasteiger partial charge in [-0.25, -0.2) is 4.79 Å². The van der Waals surface area contributed by atoms with Crippen molar-refractivity contribution in [2.75, 3.05) is 5.73 Å². The lowest BCUT2D eigenvalue weighted by molar-refractivity contribution is -0.384. The van der Waals surface area contributed by atoms with Gasteiger partial charge in [0.15, 0.2) is 6.10 Å². The van der Waals surface area contributed by atoms with E-state index in [1.54, 1.807) is 4.90 Å². The van der Waals surface area contributed by atoms with E-state index in [-0.39, 0.29) is 22.8 Å². The summed E-state index contributed by atoms with van der Waals surface area (Å²) in [6.07, 6.45) is -1.09. The Morgan fingerprint density at radius 1 is 1.17 bits per heavy atom. The van der Waals surface area contributed by atoms with Crippen LogP contribution in [0.5, 0.6) is 0 Å². The third kappa shape index (κ3) is 5.54. The Morgan fingerprint density at radius 2 is 1.79 bits per heavy atom. The molecule has 0 spiro atoms. The zero-order valence-electron chi connectivity index (χ0n) is 16.9. The van der Waals surface area contributed by atoms with E-state index in [4.69, 9.17) is 10.5 Å². The topological polar surface area (TPSA) is 116 Å². The molecule has 0 radical (unpaired) electrons. The van der Waals surface area contributed by atoms with Crippen LogP contribution < -0.4 is 5.73 Å². The Morgan fingerprint density at radius 3 is 2.34 bits per heavy atom. The van der Waals surface area contributed by atoms with Crippen molar-refractivity contribution < 1.29 is 19.2 Å². The number of nitrogen functional groups attached to an aromatic ring is 1. The fourth-order valence-electron chi connectivity index (χ4n) is 2.74. The lowest BCUT2D eigenvalue weighted by atomic mass is 10.0. The summed E-state index contributed by atoms with van der Waals surface area (Å²) in [7, 11) is 0. The van der Waals surface area contributed by atoms with Gasteiger partial charge in [-0.3, -0.25) is 14.9 Å². The van der Waals surface area contributed by atoms with E-state index in [1.165, 1.54) is 19.1 Å². The van der Waals surface area contributed by atoms with Crippen LogP contribution in [0.25, 0.3) is 0 Å². The molecule has 29 heavy (non-hydrogen) atoms. The number of nitro benzene ring substituents is 1. The van der Waals surface area contributed by atoms with Gasteiger partial charge in [0.25, 0.3) is 11.6 Å². The molecule has 1 amide bonds. The van der Waals surface area contributed by atoms with Crippen LogP contribution >= 0.6 is 0 Å². The minimum absolute atomic E-state index is 0.0391. The number of hydrogen-bond donors (Lipinski definition) is 1. The summed E-state index contributed by atoms with van der Waals surface area (Å²) in [5, 5.41) is 10.9. The Kier molecular flexibility index (Phi) is 6.58. The Labute approximate surface area is 169 Å². The molecule has 0 unspecified atom stereocenters. The van der Waals surface area contributed by atoms with Crippen molar-refractivity contribution in [2.45, 2.75) is 45.9 Å². The highest BCUT2D eigenvalue weighted by atomic mass is 16.6. The number of nitrogens with zero attached hydrogens (tertiary/aromatic N) is 2. The number of ether oxygens (including phenoxy) is 1. The van der Waals surface area contributed by atoms with Crippen molar-refractivity contribution in [3.63, 3.8) is 0 Å². The van der Waals surface area contributed by atoms with Crippen LogP contribution in [0.4, 0.5) is 11.4 Å². The minimum Gasteiger partial charge on any atom is -0.449 e. The molecule has 0 aliphatic heterocycles. The Balaban J connectivity index is 2.20. The summed E-state index contributed by atoms with van der Waals surface area (Å²) < 4.78 is 5.29. The normalized spacial score (nSPS) is 12.1. The van der Waals surface area contributed by atoms with Crippen LogP contribution in [-0.2, 0) is 16.1 Å². The third-order valence-corrected chi connectivity index (χ3v) is 4.36. The summed E-state index contributed by atoms with van der Waals surface area (Å²) in [5.74, 6) is -1.26. The summed E-state index contributed by atoms with van der Waals surface area (Å²) in [4.78, 5) is 37.5. The molecule has 0 fully saturated rings. The van der Waals surface area contributed by atoms with Crippen molar-refractivity contribution in [3.05, 3.63) is 69.8 Å². The van der Waals surface area contributed by atoms with Gasteiger partial charge in [0.2, 0.25) is 0 Å². The lowest BCUT2D eigenvalue weighted by Crippen LogP contribution is -2.49. The first kappa shape index (κ1) is 21.9. The van der Waals surface area contributed by atoms with Gasteiger partial charge in [0.1, 0.15) is 0 Å². The maximum Gasteiger partial charge on any atom is 0.341 e. The SMILES string of the molecule is C[C@@H](OC(=O)c1cc([N+](=O)[O-])ccc1N)C(=O)N(Cc1ccccc1)C(C)(C)C. The van der Waals surface area contributed by atoms with Crippen LogP contribution in [0.2, 0.25) is 0 Å². The zero-order chi connectivity index (χ0) is 21.8.